The van der Waals surface area contributed by atoms with E-state index in [1.807, 2.05) is 13.0 Å². The smallest absolute Gasteiger partial charge is 0.251 e. The number of carbonyl (C=O) groups excluding carboxylic acids is 2. The summed E-state index contributed by atoms with van der Waals surface area (Å²) in [6.07, 6.45) is 0.896. The fourth-order valence-electron chi connectivity index (χ4n) is 1.57. The molecule has 1 rings (SSSR count). The van der Waals surface area contributed by atoms with Crippen molar-refractivity contribution < 1.29 is 9.59 Å². The van der Waals surface area contributed by atoms with Gasteiger partial charge < -0.3 is 16.4 Å². The van der Waals surface area contributed by atoms with E-state index < -0.39 is 5.54 Å². The second kappa shape index (κ2) is 7.05. The summed E-state index contributed by atoms with van der Waals surface area (Å²) in [4.78, 5) is 23.5. The van der Waals surface area contributed by atoms with Crippen LogP contribution >= 0.6 is 0 Å². The van der Waals surface area contributed by atoms with Gasteiger partial charge >= 0.3 is 0 Å². The van der Waals surface area contributed by atoms with Crippen LogP contribution in [0.5, 0.6) is 0 Å². The zero-order valence-corrected chi connectivity index (χ0v) is 12.3. The summed E-state index contributed by atoms with van der Waals surface area (Å²) in [5.74, 6) is -0.322. The number of carbonyl (C=O) groups is 2. The summed E-state index contributed by atoms with van der Waals surface area (Å²) >= 11 is 0. The van der Waals surface area contributed by atoms with Crippen molar-refractivity contribution in [2.24, 2.45) is 5.73 Å². The molecule has 2 amide bonds. The Bertz CT molecular complexity index is 478. The molecule has 0 spiro atoms. The molecule has 1 aromatic carbocycles. The summed E-state index contributed by atoms with van der Waals surface area (Å²) in [7, 11) is 0. The molecule has 0 aliphatic heterocycles. The molecule has 0 saturated carbocycles. The number of nitrogens with two attached hydrogens (primary N) is 1. The predicted octanol–water partition coefficient (Wildman–Crippen LogP) is 1.18. The molecular formula is C15H23N3O2. The minimum absolute atomic E-state index is 0.0980. The van der Waals surface area contributed by atoms with E-state index in [1.54, 1.807) is 32.0 Å². The van der Waals surface area contributed by atoms with E-state index in [0.29, 0.717) is 18.7 Å². The molecule has 5 heteroatoms. The average molecular weight is 277 g/mol. The van der Waals surface area contributed by atoms with Crippen LogP contribution in [-0.2, 0) is 11.3 Å². The van der Waals surface area contributed by atoms with E-state index in [4.69, 9.17) is 5.73 Å². The molecule has 0 fully saturated rings. The van der Waals surface area contributed by atoms with E-state index >= 15 is 0 Å². The van der Waals surface area contributed by atoms with E-state index in [0.717, 1.165) is 12.0 Å². The maximum Gasteiger partial charge on any atom is 0.251 e. The zero-order valence-electron chi connectivity index (χ0n) is 12.3. The average Bonchev–Trinajstić information content (AvgIpc) is 2.41. The highest BCUT2D eigenvalue weighted by atomic mass is 16.2. The minimum atomic E-state index is -0.907. The Hall–Kier alpha value is -1.88. The highest BCUT2D eigenvalue weighted by Gasteiger charge is 2.21. The predicted molar refractivity (Wildman–Crippen MR) is 79.2 cm³/mol. The number of nitrogens with one attached hydrogen (secondary N) is 2. The highest BCUT2D eigenvalue weighted by molar-refractivity contribution is 5.94. The second-order valence-corrected chi connectivity index (χ2v) is 5.36. The Morgan fingerprint density at radius 1 is 1.25 bits per heavy atom. The van der Waals surface area contributed by atoms with Gasteiger partial charge in [-0.1, -0.05) is 19.1 Å². The Morgan fingerprint density at radius 2 is 1.95 bits per heavy atom. The van der Waals surface area contributed by atoms with Gasteiger partial charge in [-0.15, -0.1) is 0 Å². The van der Waals surface area contributed by atoms with Gasteiger partial charge in [0.05, 0.1) is 5.54 Å². The zero-order chi connectivity index (χ0) is 15.2. The Balaban J connectivity index is 2.64. The molecule has 1 aromatic rings. The van der Waals surface area contributed by atoms with Gasteiger partial charge in [-0.3, -0.25) is 9.59 Å². The molecule has 20 heavy (non-hydrogen) atoms. The van der Waals surface area contributed by atoms with Crippen LogP contribution in [0.2, 0.25) is 0 Å². The normalized spacial score (nSPS) is 11.0. The molecule has 0 aromatic heterocycles. The first-order valence-electron chi connectivity index (χ1n) is 6.79. The lowest BCUT2D eigenvalue weighted by atomic mass is 10.1. The Morgan fingerprint density at radius 3 is 2.55 bits per heavy atom. The quantitative estimate of drug-likeness (QED) is 0.730. The fraction of sp³-hybridized carbons (Fsp3) is 0.467. The van der Waals surface area contributed by atoms with Crippen molar-refractivity contribution in [2.45, 2.75) is 39.3 Å². The number of hydrogen-bond acceptors (Lipinski definition) is 3. The lowest BCUT2D eigenvalue weighted by molar-refractivity contribution is -0.125. The molecule has 110 valence electrons. The maximum absolute atomic E-state index is 11.8. The number of benzene rings is 1. The van der Waals surface area contributed by atoms with E-state index in [-0.39, 0.29) is 11.8 Å². The Labute approximate surface area is 119 Å². The van der Waals surface area contributed by atoms with Crippen LogP contribution in [0.4, 0.5) is 0 Å². The summed E-state index contributed by atoms with van der Waals surface area (Å²) in [5, 5.41) is 5.57. The summed E-state index contributed by atoms with van der Waals surface area (Å²) in [6.45, 7) is 6.31. The first-order chi connectivity index (χ1) is 9.34. The molecule has 0 aliphatic rings. The van der Waals surface area contributed by atoms with Crippen LogP contribution in [0.1, 0.15) is 43.1 Å². The highest BCUT2D eigenvalue weighted by Crippen LogP contribution is 2.06. The van der Waals surface area contributed by atoms with Gasteiger partial charge in [-0.25, -0.2) is 0 Å². The number of hydrogen-bond donors (Lipinski definition) is 3. The fourth-order valence-corrected chi connectivity index (χ4v) is 1.57. The van der Waals surface area contributed by atoms with Crippen LogP contribution in [0, 0.1) is 0 Å². The second-order valence-electron chi connectivity index (χ2n) is 5.36. The van der Waals surface area contributed by atoms with Crippen molar-refractivity contribution in [3.8, 4) is 0 Å². The summed E-state index contributed by atoms with van der Waals surface area (Å²) < 4.78 is 0. The van der Waals surface area contributed by atoms with Crippen molar-refractivity contribution >= 4 is 11.8 Å². The van der Waals surface area contributed by atoms with Crippen molar-refractivity contribution in [1.82, 2.24) is 10.6 Å². The molecule has 0 heterocycles. The van der Waals surface area contributed by atoms with Gasteiger partial charge in [-0.2, -0.15) is 0 Å². The molecule has 0 unspecified atom stereocenters. The van der Waals surface area contributed by atoms with Gasteiger partial charge in [-0.05, 0) is 38.0 Å². The van der Waals surface area contributed by atoms with Crippen molar-refractivity contribution in [3.05, 3.63) is 35.4 Å². The van der Waals surface area contributed by atoms with Crippen LogP contribution < -0.4 is 16.4 Å². The number of amides is 2. The molecule has 0 bridgehead atoms. The first kappa shape index (κ1) is 16.2. The van der Waals surface area contributed by atoms with Crippen LogP contribution in [0.3, 0.4) is 0 Å². The lowest BCUT2D eigenvalue weighted by Crippen LogP contribution is -2.48. The summed E-state index contributed by atoms with van der Waals surface area (Å²) in [6, 6.07) is 7.19. The molecule has 0 aliphatic carbocycles. The van der Waals surface area contributed by atoms with Gasteiger partial charge in [0.1, 0.15) is 0 Å². The monoisotopic (exact) mass is 277 g/mol. The van der Waals surface area contributed by atoms with E-state index in [2.05, 4.69) is 10.6 Å². The van der Waals surface area contributed by atoms with E-state index in [9.17, 15) is 9.59 Å². The third-order valence-corrected chi connectivity index (χ3v) is 2.76. The SMILES string of the molecule is CCCNC(=O)c1cccc(CNC(=O)C(C)(C)N)c1. The third-order valence-electron chi connectivity index (χ3n) is 2.76. The third kappa shape index (κ3) is 5.01. The Kier molecular flexibility index (Phi) is 5.70. The van der Waals surface area contributed by atoms with Gasteiger partial charge in [0.15, 0.2) is 0 Å². The minimum Gasteiger partial charge on any atom is -0.352 e. The standard InChI is InChI=1S/C15H23N3O2/c1-4-8-17-13(19)12-7-5-6-11(9-12)10-18-14(20)15(2,3)16/h5-7,9H,4,8,10,16H2,1-3H3,(H,17,19)(H,18,20). The first-order valence-corrected chi connectivity index (χ1v) is 6.79. The van der Waals surface area contributed by atoms with Crippen LogP contribution in [-0.4, -0.2) is 23.9 Å². The molecule has 4 N–H and O–H groups in total. The van der Waals surface area contributed by atoms with Gasteiger partial charge in [0, 0.05) is 18.7 Å². The molecule has 0 atom stereocenters. The van der Waals surface area contributed by atoms with Crippen LogP contribution in [0.15, 0.2) is 24.3 Å². The van der Waals surface area contributed by atoms with Crippen LogP contribution in [0.25, 0.3) is 0 Å². The van der Waals surface area contributed by atoms with Crippen molar-refractivity contribution in [1.29, 1.82) is 0 Å². The number of rotatable bonds is 6. The molecule has 5 nitrogen and oxygen atoms in total. The van der Waals surface area contributed by atoms with Crippen molar-refractivity contribution in [3.63, 3.8) is 0 Å². The molecular weight excluding hydrogens is 254 g/mol. The molecule has 0 radical (unpaired) electrons. The summed E-state index contributed by atoms with van der Waals surface area (Å²) in [5.41, 5.74) is 6.26. The van der Waals surface area contributed by atoms with Gasteiger partial charge in [0.2, 0.25) is 5.91 Å². The van der Waals surface area contributed by atoms with Crippen molar-refractivity contribution in [2.75, 3.05) is 6.54 Å². The van der Waals surface area contributed by atoms with E-state index in [1.165, 1.54) is 0 Å². The lowest BCUT2D eigenvalue weighted by Gasteiger charge is -2.17. The maximum atomic E-state index is 11.8. The largest absolute Gasteiger partial charge is 0.352 e. The molecule has 0 saturated heterocycles. The topological polar surface area (TPSA) is 84.2 Å². The van der Waals surface area contributed by atoms with Gasteiger partial charge in [0.25, 0.3) is 5.91 Å².